The average Bonchev–Trinajstić information content (AvgIpc) is 2.35. The van der Waals surface area contributed by atoms with Crippen LogP contribution in [0.4, 0.5) is 0 Å². The average molecular weight is 285 g/mol. The van der Waals surface area contributed by atoms with Gasteiger partial charge in [0.2, 0.25) is 5.91 Å². The highest BCUT2D eigenvalue weighted by Gasteiger charge is 2.33. The number of nitrogens with zero attached hydrogens (tertiary/aromatic N) is 1. The van der Waals surface area contributed by atoms with Gasteiger partial charge in [-0.25, -0.2) is 0 Å². The first-order chi connectivity index (χ1) is 9.58. The van der Waals surface area contributed by atoms with E-state index in [1.165, 1.54) is 0 Å². The SMILES string of the molecule is CCOC1CC(CC(=O)N2CCOC(CC(=O)O)C2)C1. The molecule has 1 atom stereocenters. The standard InChI is InChI=1S/C14H23NO5/c1-2-19-11-5-10(6-11)7-13(16)15-3-4-20-12(9-15)8-14(17)18/h10-12H,2-9H2,1H3,(H,17,18). The summed E-state index contributed by atoms with van der Waals surface area (Å²) in [6.45, 7) is 4.10. The number of amides is 1. The number of carbonyl (C=O) groups is 2. The third kappa shape index (κ3) is 4.18. The molecule has 114 valence electrons. The second kappa shape index (κ2) is 7.04. The second-order valence-electron chi connectivity index (χ2n) is 5.55. The van der Waals surface area contributed by atoms with Crippen LogP contribution in [0.1, 0.15) is 32.6 Å². The van der Waals surface area contributed by atoms with Crippen molar-refractivity contribution in [3.05, 3.63) is 0 Å². The molecule has 1 amide bonds. The molecular formula is C14H23NO5. The van der Waals surface area contributed by atoms with Crippen molar-refractivity contribution in [1.29, 1.82) is 0 Å². The maximum absolute atomic E-state index is 12.2. The summed E-state index contributed by atoms with van der Waals surface area (Å²) in [6.07, 6.45) is 2.37. The van der Waals surface area contributed by atoms with Crippen molar-refractivity contribution in [2.24, 2.45) is 5.92 Å². The Morgan fingerprint density at radius 3 is 2.75 bits per heavy atom. The first-order valence-electron chi connectivity index (χ1n) is 7.31. The lowest BCUT2D eigenvalue weighted by Crippen LogP contribution is -2.47. The Bertz CT molecular complexity index is 353. The lowest BCUT2D eigenvalue weighted by Gasteiger charge is -2.37. The fourth-order valence-corrected chi connectivity index (χ4v) is 2.85. The topological polar surface area (TPSA) is 76.1 Å². The molecule has 0 aromatic carbocycles. The molecule has 1 aliphatic heterocycles. The zero-order chi connectivity index (χ0) is 14.5. The van der Waals surface area contributed by atoms with Gasteiger partial charge in [-0.15, -0.1) is 0 Å². The number of carbonyl (C=O) groups excluding carboxylic acids is 1. The third-order valence-electron chi connectivity index (χ3n) is 3.95. The van der Waals surface area contributed by atoms with Crippen LogP contribution < -0.4 is 0 Å². The summed E-state index contributed by atoms with van der Waals surface area (Å²) in [5, 5.41) is 8.77. The number of carboxylic acid groups (broad SMARTS) is 1. The minimum Gasteiger partial charge on any atom is -0.481 e. The van der Waals surface area contributed by atoms with Crippen molar-refractivity contribution in [1.82, 2.24) is 4.90 Å². The normalized spacial score (nSPS) is 29.9. The number of hydrogen-bond donors (Lipinski definition) is 1. The largest absolute Gasteiger partial charge is 0.481 e. The number of hydrogen-bond acceptors (Lipinski definition) is 4. The van der Waals surface area contributed by atoms with E-state index in [-0.39, 0.29) is 18.4 Å². The molecule has 2 fully saturated rings. The smallest absolute Gasteiger partial charge is 0.306 e. The molecule has 6 heteroatoms. The Kier molecular flexibility index (Phi) is 5.37. The van der Waals surface area contributed by atoms with E-state index >= 15 is 0 Å². The number of ether oxygens (including phenoxy) is 2. The van der Waals surface area contributed by atoms with Crippen LogP contribution in [0.2, 0.25) is 0 Å². The molecule has 20 heavy (non-hydrogen) atoms. The van der Waals surface area contributed by atoms with Crippen molar-refractivity contribution in [2.75, 3.05) is 26.3 Å². The fraction of sp³-hybridized carbons (Fsp3) is 0.857. The van der Waals surface area contributed by atoms with E-state index in [1.807, 2.05) is 6.92 Å². The van der Waals surface area contributed by atoms with Crippen molar-refractivity contribution < 1.29 is 24.2 Å². The van der Waals surface area contributed by atoms with Crippen LogP contribution in [0.5, 0.6) is 0 Å². The van der Waals surface area contributed by atoms with Crippen LogP contribution in [0.15, 0.2) is 0 Å². The number of carboxylic acids is 1. The number of aliphatic carboxylic acids is 1. The summed E-state index contributed by atoms with van der Waals surface area (Å²) in [7, 11) is 0. The van der Waals surface area contributed by atoms with Crippen LogP contribution >= 0.6 is 0 Å². The number of morpholine rings is 1. The molecular weight excluding hydrogens is 262 g/mol. The summed E-state index contributed by atoms with van der Waals surface area (Å²) in [6, 6.07) is 0. The second-order valence-corrected chi connectivity index (χ2v) is 5.55. The van der Waals surface area contributed by atoms with Crippen molar-refractivity contribution in [3.8, 4) is 0 Å². The van der Waals surface area contributed by atoms with Gasteiger partial charge in [0.25, 0.3) is 0 Å². The summed E-state index contributed by atoms with van der Waals surface area (Å²) in [5.41, 5.74) is 0. The molecule has 0 aromatic heterocycles. The van der Waals surface area contributed by atoms with Crippen LogP contribution in [-0.2, 0) is 19.1 Å². The predicted octanol–water partition coefficient (Wildman–Crippen LogP) is 0.894. The summed E-state index contributed by atoms with van der Waals surface area (Å²) in [4.78, 5) is 24.6. The van der Waals surface area contributed by atoms with E-state index in [1.54, 1.807) is 4.90 Å². The van der Waals surface area contributed by atoms with Crippen LogP contribution in [0.3, 0.4) is 0 Å². The minimum absolute atomic E-state index is 0.0420. The van der Waals surface area contributed by atoms with Gasteiger partial charge in [-0.1, -0.05) is 0 Å². The highest BCUT2D eigenvalue weighted by Crippen LogP contribution is 2.33. The van der Waals surface area contributed by atoms with Crippen LogP contribution in [0.25, 0.3) is 0 Å². The molecule has 2 aliphatic rings. The molecule has 1 saturated heterocycles. The molecule has 1 unspecified atom stereocenters. The third-order valence-corrected chi connectivity index (χ3v) is 3.95. The van der Waals surface area contributed by atoms with Gasteiger partial charge < -0.3 is 19.5 Å². The van der Waals surface area contributed by atoms with Crippen molar-refractivity contribution in [3.63, 3.8) is 0 Å². The maximum atomic E-state index is 12.2. The molecule has 1 saturated carbocycles. The van der Waals surface area contributed by atoms with Crippen molar-refractivity contribution >= 4 is 11.9 Å². The van der Waals surface area contributed by atoms with Crippen LogP contribution in [-0.4, -0.2) is 60.4 Å². The van der Waals surface area contributed by atoms with E-state index in [0.29, 0.717) is 38.1 Å². The zero-order valence-electron chi connectivity index (χ0n) is 11.9. The highest BCUT2D eigenvalue weighted by atomic mass is 16.5. The lowest BCUT2D eigenvalue weighted by molar-refractivity contribution is -0.149. The Labute approximate surface area is 119 Å². The summed E-state index contributed by atoms with van der Waals surface area (Å²) >= 11 is 0. The van der Waals surface area contributed by atoms with Gasteiger partial charge >= 0.3 is 5.97 Å². The molecule has 0 radical (unpaired) electrons. The van der Waals surface area contributed by atoms with Crippen molar-refractivity contribution in [2.45, 2.75) is 44.8 Å². The van der Waals surface area contributed by atoms with Gasteiger partial charge in [0.05, 0.1) is 25.2 Å². The Balaban J connectivity index is 1.71. The quantitative estimate of drug-likeness (QED) is 0.784. The summed E-state index contributed by atoms with van der Waals surface area (Å²) < 4.78 is 10.9. The first-order valence-corrected chi connectivity index (χ1v) is 7.31. The van der Waals surface area contributed by atoms with E-state index in [2.05, 4.69) is 0 Å². The highest BCUT2D eigenvalue weighted by molar-refractivity contribution is 5.77. The molecule has 2 rings (SSSR count). The van der Waals surface area contributed by atoms with Gasteiger partial charge in [-0.2, -0.15) is 0 Å². The molecule has 1 N–H and O–H groups in total. The van der Waals surface area contributed by atoms with Gasteiger partial charge in [0, 0.05) is 26.1 Å². The van der Waals surface area contributed by atoms with Gasteiger partial charge in [0.15, 0.2) is 0 Å². The predicted molar refractivity (Wildman–Crippen MR) is 71.3 cm³/mol. The van der Waals surface area contributed by atoms with Gasteiger partial charge in [0.1, 0.15) is 0 Å². The van der Waals surface area contributed by atoms with E-state index < -0.39 is 5.97 Å². The van der Waals surface area contributed by atoms with Gasteiger partial charge in [-0.05, 0) is 25.7 Å². The zero-order valence-corrected chi connectivity index (χ0v) is 11.9. The fourth-order valence-electron chi connectivity index (χ4n) is 2.85. The van der Waals surface area contributed by atoms with Gasteiger partial charge in [-0.3, -0.25) is 9.59 Å². The molecule has 0 aromatic rings. The maximum Gasteiger partial charge on any atom is 0.306 e. The van der Waals surface area contributed by atoms with E-state index in [0.717, 1.165) is 19.4 Å². The molecule has 0 bridgehead atoms. The minimum atomic E-state index is -0.886. The summed E-state index contributed by atoms with van der Waals surface area (Å²) in [5.74, 6) is -0.355. The number of rotatable bonds is 6. The molecule has 1 heterocycles. The Morgan fingerprint density at radius 2 is 2.10 bits per heavy atom. The molecule has 1 aliphatic carbocycles. The first kappa shape index (κ1) is 15.3. The Morgan fingerprint density at radius 1 is 1.35 bits per heavy atom. The Hall–Kier alpha value is -1.14. The van der Waals surface area contributed by atoms with E-state index in [9.17, 15) is 9.59 Å². The van der Waals surface area contributed by atoms with E-state index in [4.69, 9.17) is 14.6 Å². The lowest BCUT2D eigenvalue weighted by atomic mass is 9.79. The van der Waals surface area contributed by atoms with Crippen LogP contribution in [0, 0.1) is 5.92 Å². The molecule has 6 nitrogen and oxygen atoms in total. The molecule has 0 spiro atoms. The monoisotopic (exact) mass is 285 g/mol.